The first-order valence-electron chi connectivity index (χ1n) is 4.44. The lowest BCUT2D eigenvalue weighted by atomic mass is 10.2. The highest BCUT2D eigenvalue weighted by Gasteiger charge is 2.20. The Labute approximate surface area is 107 Å². The van der Waals surface area contributed by atoms with Crippen LogP contribution in [-0.4, -0.2) is 35.7 Å². The van der Waals surface area contributed by atoms with Gasteiger partial charge in [0.25, 0.3) is 0 Å². The number of carbonyl (C=O) groups is 1. The molecule has 2 aromatic rings. The van der Waals surface area contributed by atoms with Gasteiger partial charge in [-0.05, 0) is 26.9 Å². The van der Waals surface area contributed by atoms with Gasteiger partial charge in [-0.3, -0.25) is 0 Å². The Morgan fingerprint density at radius 1 is 1.50 bits per heavy atom. The summed E-state index contributed by atoms with van der Waals surface area (Å²) < 4.78 is 1.41. The van der Waals surface area contributed by atoms with E-state index in [1.165, 1.54) is 12.3 Å². The van der Waals surface area contributed by atoms with Crippen LogP contribution in [0.1, 0.15) is 10.4 Å². The molecule has 0 bridgehead atoms. The van der Waals surface area contributed by atoms with Gasteiger partial charge >= 0.3 is 11.9 Å². The maximum atomic E-state index is 11.0. The number of carboxylic acids is 1. The molecule has 0 unspecified atom stereocenters. The van der Waals surface area contributed by atoms with Gasteiger partial charge in [0.15, 0.2) is 5.82 Å². The topological polar surface area (TPSA) is 124 Å². The smallest absolute Gasteiger partial charge is 0.478 e. The molecule has 2 rings (SSSR count). The SMILES string of the molecule is O=C(O)c1cc(Br)cnc1-n1cnc([N+](=O)[O-])n1. The van der Waals surface area contributed by atoms with Crippen LogP contribution in [0.2, 0.25) is 0 Å². The van der Waals surface area contributed by atoms with Crippen LogP contribution in [-0.2, 0) is 0 Å². The zero-order valence-electron chi connectivity index (χ0n) is 8.52. The fourth-order valence-corrected chi connectivity index (χ4v) is 1.54. The summed E-state index contributed by atoms with van der Waals surface area (Å²) in [7, 11) is 0. The van der Waals surface area contributed by atoms with Crippen molar-refractivity contribution >= 4 is 27.8 Å². The highest BCUT2D eigenvalue weighted by molar-refractivity contribution is 9.10. The second-order valence-corrected chi connectivity index (χ2v) is 3.99. The lowest BCUT2D eigenvalue weighted by Gasteiger charge is -2.01. The monoisotopic (exact) mass is 313 g/mol. The molecule has 2 aromatic heterocycles. The van der Waals surface area contributed by atoms with E-state index in [1.54, 1.807) is 0 Å². The molecule has 0 fully saturated rings. The van der Waals surface area contributed by atoms with Gasteiger partial charge in [0, 0.05) is 15.8 Å². The van der Waals surface area contributed by atoms with E-state index < -0.39 is 16.8 Å². The molecule has 10 heteroatoms. The molecule has 0 spiro atoms. The number of nitro groups is 1. The van der Waals surface area contributed by atoms with E-state index in [9.17, 15) is 14.9 Å². The molecule has 0 aromatic carbocycles. The predicted octanol–water partition coefficient (Wildman–Crippen LogP) is 1.03. The zero-order chi connectivity index (χ0) is 13.3. The van der Waals surface area contributed by atoms with Crippen LogP contribution in [0.25, 0.3) is 5.82 Å². The molecule has 2 heterocycles. The number of halogens is 1. The van der Waals surface area contributed by atoms with E-state index in [4.69, 9.17) is 5.11 Å². The van der Waals surface area contributed by atoms with Crippen LogP contribution >= 0.6 is 15.9 Å². The number of hydrogen-bond acceptors (Lipinski definition) is 6. The zero-order valence-corrected chi connectivity index (χ0v) is 10.1. The molecule has 9 nitrogen and oxygen atoms in total. The first kappa shape index (κ1) is 12.1. The Balaban J connectivity index is 2.55. The Bertz CT molecular complexity index is 640. The maximum Gasteiger partial charge on any atom is 0.491 e. The Morgan fingerprint density at radius 3 is 2.78 bits per heavy atom. The molecule has 1 N–H and O–H groups in total. The van der Waals surface area contributed by atoms with Crippen LogP contribution in [0.15, 0.2) is 23.1 Å². The molecule has 0 amide bonds. The largest absolute Gasteiger partial charge is 0.491 e. The van der Waals surface area contributed by atoms with E-state index >= 15 is 0 Å². The quantitative estimate of drug-likeness (QED) is 0.662. The van der Waals surface area contributed by atoms with Crippen molar-refractivity contribution in [2.45, 2.75) is 0 Å². The van der Waals surface area contributed by atoms with E-state index in [0.29, 0.717) is 4.47 Å². The van der Waals surface area contributed by atoms with Crippen LogP contribution in [0.3, 0.4) is 0 Å². The van der Waals surface area contributed by atoms with Crippen LogP contribution < -0.4 is 0 Å². The maximum absolute atomic E-state index is 11.0. The second-order valence-electron chi connectivity index (χ2n) is 3.08. The number of rotatable bonds is 3. The summed E-state index contributed by atoms with van der Waals surface area (Å²) in [6, 6.07) is 1.32. The van der Waals surface area contributed by atoms with E-state index in [0.717, 1.165) is 11.0 Å². The lowest BCUT2D eigenvalue weighted by molar-refractivity contribution is -0.394. The van der Waals surface area contributed by atoms with E-state index in [2.05, 4.69) is 31.0 Å². The lowest BCUT2D eigenvalue weighted by Crippen LogP contribution is -2.08. The van der Waals surface area contributed by atoms with Gasteiger partial charge in [0.05, 0.1) is 0 Å². The van der Waals surface area contributed by atoms with Gasteiger partial charge in [0.1, 0.15) is 5.56 Å². The summed E-state index contributed by atoms with van der Waals surface area (Å²) in [5.41, 5.74) is -0.149. The number of nitrogens with zero attached hydrogens (tertiary/aromatic N) is 5. The molecule has 18 heavy (non-hydrogen) atoms. The van der Waals surface area contributed by atoms with Crippen molar-refractivity contribution in [1.82, 2.24) is 19.7 Å². The predicted molar refractivity (Wildman–Crippen MR) is 60.5 cm³/mol. The van der Waals surface area contributed by atoms with Gasteiger partial charge in [-0.25, -0.2) is 9.78 Å². The van der Waals surface area contributed by atoms with Crippen molar-refractivity contribution in [1.29, 1.82) is 0 Å². The molecule has 0 aliphatic rings. The van der Waals surface area contributed by atoms with Crippen molar-refractivity contribution in [3.63, 3.8) is 0 Å². The molecular formula is C8H4BrN5O4. The van der Waals surface area contributed by atoms with E-state index in [-0.39, 0.29) is 11.4 Å². The molecule has 0 aliphatic carbocycles. The molecule has 0 saturated carbocycles. The Hall–Kier alpha value is -2.36. The van der Waals surface area contributed by atoms with Crippen molar-refractivity contribution in [2.75, 3.05) is 0 Å². The summed E-state index contributed by atoms with van der Waals surface area (Å²) in [6.07, 6.45) is 2.39. The van der Waals surface area contributed by atoms with Crippen LogP contribution in [0.4, 0.5) is 5.95 Å². The second kappa shape index (κ2) is 4.49. The summed E-state index contributed by atoms with van der Waals surface area (Å²) in [4.78, 5) is 28.0. The highest BCUT2D eigenvalue weighted by atomic mass is 79.9. The summed E-state index contributed by atoms with van der Waals surface area (Å²) in [6.45, 7) is 0. The fraction of sp³-hybridized carbons (Fsp3) is 0. The van der Waals surface area contributed by atoms with E-state index in [1.807, 2.05) is 0 Å². The number of pyridine rings is 1. The minimum Gasteiger partial charge on any atom is -0.478 e. The summed E-state index contributed by atoms with van der Waals surface area (Å²) in [5, 5.41) is 23.0. The van der Waals surface area contributed by atoms with Crippen LogP contribution in [0.5, 0.6) is 0 Å². The molecule has 0 atom stereocenters. The highest BCUT2D eigenvalue weighted by Crippen LogP contribution is 2.17. The first-order valence-corrected chi connectivity index (χ1v) is 5.23. The average molecular weight is 314 g/mol. The minimum atomic E-state index is -1.23. The van der Waals surface area contributed by atoms with Crippen molar-refractivity contribution < 1.29 is 14.8 Å². The van der Waals surface area contributed by atoms with Gasteiger partial charge < -0.3 is 15.2 Å². The molecule has 0 aliphatic heterocycles. The van der Waals surface area contributed by atoms with Gasteiger partial charge in [-0.2, -0.15) is 0 Å². The molecular weight excluding hydrogens is 310 g/mol. The third kappa shape index (κ3) is 2.18. The molecule has 0 radical (unpaired) electrons. The minimum absolute atomic E-state index is 0.0497. The summed E-state index contributed by atoms with van der Waals surface area (Å²) >= 11 is 3.09. The average Bonchev–Trinajstić information content (AvgIpc) is 2.78. The molecule has 0 saturated heterocycles. The third-order valence-electron chi connectivity index (χ3n) is 1.92. The molecule has 92 valence electrons. The first-order chi connectivity index (χ1) is 8.49. The number of aromatic carboxylic acids is 1. The normalized spacial score (nSPS) is 10.3. The fourth-order valence-electron chi connectivity index (χ4n) is 1.21. The Morgan fingerprint density at radius 2 is 2.22 bits per heavy atom. The number of aromatic nitrogens is 4. The Kier molecular flexibility index (Phi) is 3.02. The van der Waals surface area contributed by atoms with Gasteiger partial charge in [0.2, 0.25) is 6.33 Å². The van der Waals surface area contributed by atoms with Crippen molar-refractivity contribution in [2.24, 2.45) is 0 Å². The van der Waals surface area contributed by atoms with Crippen molar-refractivity contribution in [3.8, 4) is 5.82 Å². The standard InChI is InChI=1S/C8H4BrN5O4/c9-4-1-5(7(15)16)6(10-2-4)13-3-11-8(12-13)14(17)18/h1-3H,(H,15,16). The number of hydrogen-bond donors (Lipinski definition) is 1. The van der Waals surface area contributed by atoms with Crippen molar-refractivity contribution in [3.05, 3.63) is 38.7 Å². The third-order valence-corrected chi connectivity index (χ3v) is 2.36. The summed E-state index contributed by atoms with van der Waals surface area (Å²) in [5.74, 6) is -1.90. The van der Waals surface area contributed by atoms with Gasteiger partial charge in [-0.1, -0.05) is 4.98 Å². The van der Waals surface area contributed by atoms with Gasteiger partial charge in [-0.15, -0.1) is 4.68 Å². The number of carboxylic acid groups (broad SMARTS) is 1. The van der Waals surface area contributed by atoms with Crippen LogP contribution in [0, 0.1) is 10.1 Å².